The molecule has 1 fully saturated rings. The molecule has 1 aliphatic heterocycles. The number of nitrogens with one attached hydrogen (secondary N) is 1. The van der Waals surface area contributed by atoms with Crippen molar-refractivity contribution < 1.29 is 8.91 Å². The van der Waals surface area contributed by atoms with Gasteiger partial charge in [-0.25, -0.2) is 4.39 Å². The van der Waals surface area contributed by atoms with Gasteiger partial charge < -0.3 is 9.84 Å². The van der Waals surface area contributed by atoms with Crippen LogP contribution in [0.15, 0.2) is 47.2 Å². The molecule has 1 saturated heterocycles. The van der Waals surface area contributed by atoms with Crippen LogP contribution in [-0.4, -0.2) is 32.8 Å². The average Bonchev–Trinajstić information content (AvgIpc) is 3.25. The molecular formula is C16H14FN5O. The maximum Gasteiger partial charge on any atom is 0.244 e. The molecule has 0 aromatic carbocycles. The molecule has 2 atom stereocenters. The zero-order chi connectivity index (χ0) is 15.6. The van der Waals surface area contributed by atoms with Gasteiger partial charge in [-0.1, -0.05) is 11.2 Å². The van der Waals surface area contributed by atoms with E-state index in [9.17, 15) is 4.39 Å². The lowest BCUT2D eigenvalue weighted by atomic mass is 10.2. The second-order valence-electron chi connectivity index (χ2n) is 5.40. The summed E-state index contributed by atoms with van der Waals surface area (Å²) in [5, 5.41) is 6.95. The Morgan fingerprint density at radius 2 is 2.09 bits per heavy atom. The van der Waals surface area contributed by atoms with Crippen molar-refractivity contribution in [3.05, 3.63) is 48.6 Å². The third-order valence-electron chi connectivity index (χ3n) is 3.77. The first-order valence-electron chi connectivity index (χ1n) is 7.38. The summed E-state index contributed by atoms with van der Waals surface area (Å²) in [5.74, 6) is 0.799. The summed E-state index contributed by atoms with van der Waals surface area (Å²) < 4.78 is 18.4. The molecule has 4 rings (SSSR count). The molecule has 0 bridgehead atoms. The molecule has 0 amide bonds. The van der Waals surface area contributed by atoms with Crippen LogP contribution < -0.4 is 5.32 Å². The van der Waals surface area contributed by atoms with Gasteiger partial charge in [-0.3, -0.25) is 9.97 Å². The molecule has 6 nitrogen and oxygen atoms in total. The largest absolute Gasteiger partial charge is 0.337 e. The van der Waals surface area contributed by atoms with E-state index in [-0.39, 0.29) is 6.04 Å². The van der Waals surface area contributed by atoms with Crippen LogP contribution in [0.25, 0.3) is 22.8 Å². The number of aromatic nitrogens is 4. The maximum atomic E-state index is 13.2. The van der Waals surface area contributed by atoms with Gasteiger partial charge in [0.2, 0.25) is 11.7 Å². The third-order valence-corrected chi connectivity index (χ3v) is 3.77. The molecule has 7 heteroatoms. The Kier molecular flexibility index (Phi) is 3.55. The second-order valence-corrected chi connectivity index (χ2v) is 5.40. The normalized spacial score (nSPS) is 20.7. The van der Waals surface area contributed by atoms with E-state index < -0.39 is 6.17 Å². The lowest BCUT2D eigenvalue weighted by Crippen LogP contribution is -2.14. The minimum Gasteiger partial charge on any atom is -0.337 e. The van der Waals surface area contributed by atoms with Crippen LogP contribution in [0.5, 0.6) is 0 Å². The van der Waals surface area contributed by atoms with Crippen molar-refractivity contribution in [3.8, 4) is 22.8 Å². The molecular weight excluding hydrogens is 297 g/mol. The Labute approximate surface area is 131 Å². The summed E-state index contributed by atoms with van der Waals surface area (Å²) >= 11 is 0. The van der Waals surface area contributed by atoms with Gasteiger partial charge in [-0.2, -0.15) is 4.98 Å². The molecule has 0 saturated carbocycles. The maximum absolute atomic E-state index is 13.2. The van der Waals surface area contributed by atoms with E-state index >= 15 is 0 Å². The highest BCUT2D eigenvalue weighted by atomic mass is 19.1. The summed E-state index contributed by atoms with van der Waals surface area (Å²) in [6.45, 7) is 0.319. The van der Waals surface area contributed by atoms with Crippen molar-refractivity contribution in [3.63, 3.8) is 0 Å². The van der Waals surface area contributed by atoms with Gasteiger partial charge in [-0.15, -0.1) is 0 Å². The van der Waals surface area contributed by atoms with E-state index in [0.717, 1.165) is 11.3 Å². The van der Waals surface area contributed by atoms with Gasteiger partial charge in [0.05, 0.1) is 11.7 Å². The highest BCUT2D eigenvalue weighted by Crippen LogP contribution is 2.26. The van der Waals surface area contributed by atoms with E-state index in [1.807, 2.05) is 30.3 Å². The first-order valence-corrected chi connectivity index (χ1v) is 7.38. The first-order chi connectivity index (χ1) is 11.3. The smallest absolute Gasteiger partial charge is 0.244 e. The highest BCUT2D eigenvalue weighted by molar-refractivity contribution is 5.60. The van der Waals surface area contributed by atoms with Crippen LogP contribution >= 0.6 is 0 Å². The fraction of sp³-hybridized carbons (Fsp3) is 0.250. The van der Waals surface area contributed by atoms with Crippen LogP contribution in [0.4, 0.5) is 4.39 Å². The van der Waals surface area contributed by atoms with Crippen molar-refractivity contribution in [2.24, 2.45) is 0 Å². The van der Waals surface area contributed by atoms with Gasteiger partial charge in [0.1, 0.15) is 11.9 Å². The van der Waals surface area contributed by atoms with Gasteiger partial charge in [0.25, 0.3) is 0 Å². The molecule has 4 heterocycles. The summed E-state index contributed by atoms with van der Waals surface area (Å²) in [7, 11) is 0. The van der Waals surface area contributed by atoms with Crippen molar-refractivity contribution in [2.45, 2.75) is 18.6 Å². The van der Waals surface area contributed by atoms with Gasteiger partial charge >= 0.3 is 0 Å². The third kappa shape index (κ3) is 2.83. The second kappa shape index (κ2) is 5.85. The molecule has 0 radical (unpaired) electrons. The van der Waals surface area contributed by atoms with E-state index in [1.54, 1.807) is 12.4 Å². The lowest BCUT2D eigenvalue weighted by Gasteiger charge is -2.01. The number of pyridine rings is 2. The first kappa shape index (κ1) is 14.0. The predicted octanol–water partition coefficient (Wildman–Crippen LogP) is 2.57. The zero-order valence-corrected chi connectivity index (χ0v) is 12.2. The molecule has 1 aliphatic rings. The molecule has 1 N–H and O–H groups in total. The molecule has 0 spiro atoms. The SMILES string of the molecule is F[C@@H]1CN[C@@H](c2nc(-c3ccc(-c4ccccn4)cn3)no2)C1. The van der Waals surface area contributed by atoms with Crippen LogP contribution in [0, 0.1) is 0 Å². The number of alkyl halides is 1. The van der Waals surface area contributed by atoms with Gasteiger partial charge in [0, 0.05) is 30.9 Å². The van der Waals surface area contributed by atoms with E-state index in [1.165, 1.54) is 0 Å². The van der Waals surface area contributed by atoms with Crippen LogP contribution in [0.3, 0.4) is 0 Å². The number of nitrogens with zero attached hydrogens (tertiary/aromatic N) is 4. The summed E-state index contributed by atoms with van der Waals surface area (Å²) in [6.07, 6.45) is 2.94. The average molecular weight is 311 g/mol. The van der Waals surface area contributed by atoms with Crippen molar-refractivity contribution in [1.29, 1.82) is 0 Å². The van der Waals surface area contributed by atoms with Crippen LogP contribution in [-0.2, 0) is 0 Å². The Hall–Kier alpha value is -2.67. The van der Waals surface area contributed by atoms with Gasteiger partial charge in [0.15, 0.2) is 0 Å². The molecule has 0 unspecified atom stereocenters. The molecule has 0 aliphatic carbocycles. The van der Waals surface area contributed by atoms with Crippen molar-refractivity contribution >= 4 is 0 Å². The Morgan fingerprint density at radius 3 is 2.78 bits per heavy atom. The zero-order valence-electron chi connectivity index (χ0n) is 12.2. The summed E-state index contributed by atoms with van der Waals surface area (Å²) in [4.78, 5) is 13.0. The summed E-state index contributed by atoms with van der Waals surface area (Å²) in [5.41, 5.74) is 2.37. The monoisotopic (exact) mass is 311 g/mol. The number of rotatable bonds is 3. The van der Waals surface area contributed by atoms with Crippen molar-refractivity contribution in [1.82, 2.24) is 25.4 Å². The number of hydrogen-bond acceptors (Lipinski definition) is 6. The quantitative estimate of drug-likeness (QED) is 0.801. The topological polar surface area (TPSA) is 76.7 Å². The van der Waals surface area contributed by atoms with E-state index in [0.29, 0.717) is 30.4 Å². The Morgan fingerprint density at radius 1 is 1.13 bits per heavy atom. The lowest BCUT2D eigenvalue weighted by molar-refractivity contribution is 0.324. The van der Waals surface area contributed by atoms with Crippen LogP contribution in [0.2, 0.25) is 0 Å². The van der Waals surface area contributed by atoms with Gasteiger partial charge in [-0.05, 0) is 24.3 Å². The highest BCUT2D eigenvalue weighted by Gasteiger charge is 2.29. The standard InChI is InChI=1S/C16H14FN5O/c17-11-7-14(20-9-11)16-21-15(22-23-16)13-5-4-10(8-19-13)12-3-1-2-6-18-12/h1-6,8,11,14,20H,7,9H2/t11-,14+/m0/s1. The molecule has 23 heavy (non-hydrogen) atoms. The molecule has 3 aromatic rings. The minimum absolute atomic E-state index is 0.223. The van der Waals surface area contributed by atoms with Crippen LogP contribution in [0.1, 0.15) is 18.4 Å². The fourth-order valence-electron chi connectivity index (χ4n) is 2.57. The fourth-order valence-corrected chi connectivity index (χ4v) is 2.57. The number of hydrogen-bond donors (Lipinski definition) is 1. The predicted molar refractivity (Wildman–Crippen MR) is 81.0 cm³/mol. The summed E-state index contributed by atoms with van der Waals surface area (Å²) in [6, 6.07) is 9.21. The van der Waals surface area contributed by atoms with E-state index in [4.69, 9.17) is 4.52 Å². The molecule has 3 aromatic heterocycles. The molecule has 116 valence electrons. The van der Waals surface area contributed by atoms with Crippen molar-refractivity contribution in [2.75, 3.05) is 6.54 Å². The number of halogens is 1. The minimum atomic E-state index is -0.869. The van der Waals surface area contributed by atoms with E-state index in [2.05, 4.69) is 25.4 Å². The Balaban J connectivity index is 1.56. The Bertz CT molecular complexity index is 790.